The van der Waals surface area contributed by atoms with Crippen LogP contribution < -0.4 is 0 Å². The van der Waals surface area contributed by atoms with E-state index in [9.17, 15) is 4.79 Å². The van der Waals surface area contributed by atoms with Crippen LogP contribution in [0.25, 0.3) is 10.6 Å². The molecule has 2 aromatic heterocycles. The molecule has 1 aliphatic rings. The van der Waals surface area contributed by atoms with Gasteiger partial charge in [-0.3, -0.25) is 4.79 Å². The summed E-state index contributed by atoms with van der Waals surface area (Å²) < 4.78 is 0. The second-order valence-electron chi connectivity index (χ2n) is 4.76. The average molecular weight is 292 g/mol. The molecule has 0 aliphatic carbocycles. The molecule has 3 nitrogen and oxygen atoms in total. The zero-order valence-corrected chi connectivity index (χ0v) is 12.3. The number of hydrogen-bond donors (Lipinski definition) is 0. The second-order valence-corrected chi connectivity index (χ2v) is 6.39. The summed E-state index contributed by atoms with van der Waals surface area (Å²) in [6.45, 7) is 1.76. The van der Waals surface area contributed by atoms with Crippen LogP contribution in [0.3, 0.4) is 0 Å². The predicted molar refractivity (Wildman–Crippen MR) is 79.8 cm³/mol. The molecule has 0 spiro atoms. The number of carbonyl (C=O) groups is 1. The number of hydrogen-bond acceptors (Lipinski definition) is 4. The molecule has 5 heteroatoms. The van der Waals surface area contributed by atoms with Gasteiger partial charge in [-0.1, -0.05) is 12.8 Å². The lowest BCUT2D eigenvalue weighted by atomic mass is 10.2. The van der Waals surface area contributed by atoms with Gasteiger partial charge in [-0.25, -0.2) is 4.98 Å². The summed E-state index contributed by atoms with van der Waals surface area (Å²) in [6, 6.07) is 2.05. The van der Waals surface area contributed by atoms with E-state index in [0.717, 1.165) is 36.5 Å². The number of carbonyl (C=O) groups excluding carboxylic acids is 1. The van der Waals surface area contributed by atoms with E-state index in [0.29, 0.717) is 5.69 Å². The van der Waals surface area contributed by atoms with Crippen LogP contribution in [0.15, 0.2) is 22.2 Å². The van der Waals surface area contributed by atoms with Crippen LogP contribution in [0.1, 0.15) is 36.2 Å². The number of nitrogens with zero attached hydrogens (tertiary/aromatic N) is 2. The molecule has 0 bridgehead atoms. The Kier molecular flexibility index (Phi) is 3.94. The van der Waals surface area contributed by atoms with Gasteiger partial charge in [0, 0.05) is 29.4 Å². The predicted octanol–water partition coefficient (Wildman–Crippen LogP) is 3.89. The van der Waals surface area contributed by atoms with E-state index in [4.69, 9.17) is 0 Å². The Hall–Kier alpha value is -1.20. The Morgan fingerprint density at radius 1 is 1.16 bits per heavy atom. The lowest BCUT2D eigenvalue weighted by Crippen LogP contribution is -2.32. The summed E-state index contributed by atoms with van der Waals surface area (Å²) in [5.74, 6) is 0.0969. The quantitative estimate of drug-likeness (QED) is 0.841. The maximum Gasteiger partial charge on any atom is 0.273 e. The van der Waals surface area contributed by atoms with Crippen LogP contribution in [0.2, 0.25) is 0 Å². The van der Waals surface area contributed by atoms with Gasteiger partial charge in [-0.05, 0) is 24.3 Å². The van der Waals surface area contributed by atoms with Gasteiger partial charge in [0.1, 0.15) is 10.7 Å². The molecule has 0 radical (unpaired) electrons. The van der Waals surface area contributed by atoms with E-state index in [2.05, 4.69) is 10.4 Å². The fourth-order valence-corrected chi connectivity index (χ4v) is 3.83. The van der Waals surface area contributed by atoms with Crippen molar-refractivity contribution in [3.8, 4) is 10.6 Å². The molecule has 0 unspecified atom stereocenters. The third-order valence-electron chi connectivity index (χ3n) is 3.38. The van der Waals surface area contributed by atoms with Crippen molar-refractivity contribution < 1.29 is 4.79 Å². The molecule has 0 saturated carbocycles. The molecule has 19 heavy (non-hydrogen) atoms. The molecule has 0 atom stereocenters. The highest BCUT2D eigenvalue weighted by Crippen LogP contribution is 2.26. The summed E-state index contributed by atoms with van der Waals surface area (Å²) in [7, 11) is 0. The Labute approximate surface area is 120 Å². The van der Waals surface area contributed by atoms with E-state index < -0.39 is 0 Å². The standard InChI is InChI=1S/C14H16N2OS2/c17-14(16-6-3-1-2-4-7-16)12-10-19-13(15-12)11-5-8-18-9-11/h5,8-10H,1-4,6-7H2. The van der Waals surface area contributed by atoms with Gasteiger partial charge in [0.05, 0.1) is 0 Å². The minimum atomic E-state index is 0.0969. The lowest BCUT2D eigenvalue weighted by molar-refractivity contribution is 0.0756. The first kappa shape index (κ1) is 12.8. The number of thiophene rings is 1. The zero-order chi connectivity index (χ0) is 13.1. The largest absolute Gasteiger partial charge is 0.337 e. The highest BCUT2D eigenvalue weighted by atomic mass is 32.1. The maximum absolute atomic E-state index is 12.4. The minimum absolute atomic E-state index is 0.0969. The van der Waals surface area contributed by atoms with Crippen molar-refractivity contribution in [1.82, 2.24) is 9.88 Å². The Morgan fingerprint density at radius 3 is 2.63 bits per heavy atom. The van der Waals surface area contributed by atoms with Gasteiger partial charge in [-0.15, -0.1) is 11.3 Å². The number of amides is 1. The minimum Gasteiger partial charge on any atom is -0.337 e. The lowest BCUT2D eigenvalue weighted by Gasteiger charge is -2.18. The van der Waals surface area contributed by atoms with Crippen LogP contribution >= 0.6 is 22.7 Å². The topological polar surface area (TPSA) is 33.2 Å². The first-order valence-corrected chi connectivity index (χ1v) is 8.44. The summed E-state index contributed by atoms with van der Waals surface area (Å²) in [6.07, 6.45) is 4.71. The van der Waals surface area contributed by atoms with E-state index in [-0.39, 0.29) is 5.91 Å². The van der Waals surface area contributed by atoms with Crippen molar-refractivity contribution in [1.29, 1.82) is 0 Å². The Bertz CT molecular complexity index is 540. The first-order valence-electron chi connectivity index (χ1n) is 6.62. The van der Waals surface area contributed by atoms with Crippen molar-refractivity contribution in [2.75, 3.05) is 13.1 Å². The summed E-state index contributed by atoms with van der Waals surface area (Å²) in [4.78, 5) is 18.9. The fraction of sp³-hybridized carbons (Fsp3) is 0.429. The van der Waals surface area contributed by atoms with Crippen molar-refractivity contribution >= 4 is 28.6 Å². The highest BCUT2D eigenvalue weighted by molar-refractivity contribution is 7.14. The number of likely N-dealkylation sites (tertiary alicyclic amines) is 1. The molecule has 2 aromatic rings. The van der Waals surface area contributed by atoms with Crippen LogP contribution in [-0.2, 0) is 0 Å². The summed E-state index contributed by atoms with van der Waals surface area (Å²) >= 11 is 3.21. The molecular formula is C14H16N2OS2. The van der Waals surface area contributed by atoms with Crippen molar-refractivity contribution in [2.45, 2.75) is 25.7 Å². The van der Waals surface area contributed by atoms with Crippen molar-refractivity contribution in [3.63, 3.8) is 0 Å². The average Bonchev–Trinajstić information content (AvgIpc) is 3.04. The second kappa shape index (κ2) is 5.84. The first-order chi connectivity index (χ1) is 9.34. The van der Waals surface area contributed by atoms with Crippen LogP contribution in [-0.4, -0.2) is 28.9 Å². The number of aromatic nitrogens is 1. The van der Waals surface area contributed by atoms with E-state index in [1.807, 2.05) is 21.7 Å². The van der Waals surface area contributed by atoms with Gasteiger partial charge < -0.3 is 4.90 Å². The molecule has 100 valence electrons. The van der Waals surface area contributed by atoms with Gasteiger partial charge >= 0.3 is 0 Å². The fourth-order valence-electron chi connectivity index (χ4n) is 2.33. The van der Waals surface area contributed by atoms with Crippen LogP contribution in [0, 0.1) is 0 Å². The van der Waals surface area contributed by atoms with Gasteiger partial charge in [0.2, 0.25) is 0 Å². The molecule has 3 heterocycles. The van der Waals surface area contributed by atoms with E-state index in [1.54, 1.807) is 22.7 Å². The Morgan fingerprint density at radius 2 is 1.95 bits per heavy atom. The van der Waals surface area contributed by atoms with Gasteiger partial charge in [0.15, 0.2) is 0 Å². The smallest absolute Gasteiger partial charge is 0.273 e. The summed E-state index contributed by atoms with van der Waals surface area (Å²) in [5.41, 5.74) is 1.72. The molecule has 1 aliphatic heterocycles. The third kappa shape index (κ3) is 2.87. The molecule has 1 amide bonds. The van der Waals surface area contributed by atoms with Crippen LogP contribution in [0.5, 0.6) is 0 Å². The third-order valence-corrected chi connectivity index (χ3v) is 4.96. The molecule has 1 fully saturated rings. The number of rotatable bonds is 2. The Balaban J connectivity index is 1.76. The van der Waals surface area contributed by atoms with Crippen LogP contribution in [0.4, 0.5) is 0 Å². The maximum atomic E-state index is 12.4. The van der Waals surface area contributed by atoms with Crippen molar-refractivity contribution in [2.24, 2.45) is 0 Å². The molecule has 1 saturated heterocycles. The van der Waals surface area contributed by atoms with Crippen molar-refractivity contribution in [3.05, 3.63) is 27.9 Å². The SMILES string of the molecule is O=C(c1csc(-c2ccsc2)n1)N1CCCCCC1. The molecular weight excluding hydrogens is 276 g/mol. The molecule has 0 aromatic carbocycles. The highest BCUT2D eigenvalue weighted by Gasteiger charge is 2.20. The van der Waals surface area contributed by atoms with E-state index in [1.165, 1.54) is 12.8 Å². The monoisotopic (exact) mass is 292 g/mol. The summed E-state index contributed by atoms with van der Waals surface area (Å²) in [5, 5.41) is 6.94. The molecule has 0 N–H and O–H groups in total. The molecule has 3 rings (SSSR count). The normalized spacial score (nSPS) is 16.3. The zero-order valence-electron chi connectivity index (χ0n) is 10.7. The van der Waals surface area contributed by atoms with Gasteiger partial charge in [-0.2, -0.15) is 11.3 Å². The van der Waals surface area contributed by atoms with Gasteiger partial charge in [0.25, 0.3) is 5.91 Å². The van der Waals surface area contributed by atoms with E-state index >= 15 is 0 Å². The number of thiazole rings is 1.